The molecule has 13 heavy (non-hydrogen) atoms. The Kier molecular flexibility index (Phi) is 7.79. The SMILES string of the molecule is CC(=O)SC1CCC1.CCOC=O. The summed E-state index contributed by atoms with van der Waals surface area (Å²) in [7, 11) is 0. The van der Waals surface area contributed by atoms with Gasteiger partial charge >= 0.3 is 0 Å². The molecule has 0 amide bonds. The van der Waals surface area contributed by atoms with Gasteiger partial charge in [-0.3, -0.25) is 9.59 Å². The van der Waals surface area contributed by atoms with E-state index in [-0.39, 0.29) is 5.12 Å². The van der Waals surface area contributed by atoms with E-state index >= 15 is 0 Å². The molecule has 0 bridgehead atoms. The van der Waals surface area contributed by atoms with Gasteiger partial charge < -0.3 is 4.74 Å². The molecule has 0 saturated heterocycles. The van der Waals surface area contributed by atoms with Crippen molar-refractivity contribution in [3.63, 3.8) is 0 Å². The van der Waals surface area contributed by atoms with Crippen LogP contribution in [0.2, 0.25) is 0 Å². The molecule has 1 aliphatic carbocycles. The normalized spacial score (nSPS) is 14.9. The topological polar surface area (TPSA) is 43.4 Å². The first-order valence-corrected chi connectivity index (χ1v) is 5.31. The van der Waals surface area contributed by atoms with Gasteiger partial charge in [0.15, 0.2) is 5.12 Å². The van der Waals surface area contributed by atoms with Gasteiger partial charge in [-0.25, -0.2) is 0 Å². The Morgan fingerprint density at radius 1 is 1.62 bits per heavy atom. The van der Waals surface area contributed by atoms with E-state index in [4.69, 9.17) is 0 Å². The fourth-order valence-corrected chi connectivity index (χ4v) is 1.83. The Labute approximate surface area is 83.2 Å². The lowest BCUT2D eigenvalue weighted by atomic mass is 10.0. The van der Waals surface area contributed by atoms with Gasteiger partial charge in [0.1, 0.15) is 0 Å². The molecule has 0 heterocycles. The molecule has 0 aromatic rings. The van der Waals surface area contributed by atoms with Crippen molar-refractivity contribution in [3.05, 3.63) is 0 Å². The molecule has 76 valence electrons. The summed E-state index contributed by atoms with van der Waals surface area (Å²) in [6.45, 7) is 4.31. The summed E-state index contributed by atoms with van der Waals surface area (Å²) in [4.78, 5) is 19.6. The van der Waals surface area contributed by atoms with Gasteiger partial charge in [0.2, 0.25) is 0 Å². The standard InChI is InChI=1S/C6H10OS.C3H6O2/c1-5(7)8-6-3-2-4-6;1-2-5-3-4/h6H,2-4H2,1H3;3H,2H2,1H3. The third-order valence-electron chi connectivity index (χ3n) is 1.62. The lowest BCUT2D eigenvalue weighted by Crippen LogP contribution is -2.14. The summed E-state index contributed by atoms with van der Waals surface area (Å²) in [6.07, 6.45) is 3.83. The summed E-state index contributed by atoms with van der Waals surface area (Å²) in [5, 5.41) is 0.946. The number of hydrogen-bond donors (Lipinski definition) is 0. The smallest absolute Gasteiger partial charge is 0.293 e. The second-order valence-electron chi connectivity index (χ2n) is 2.71. The molecule has 1 rings (SSSR count). The predicted octanol–water partition coefficient (Wildman–Crippen LogP) is 2.00. The van der Waals surface area contributed by atoms with Crippen molar-refractivity contribution in [2.45, 2.75) is 38.4 Å². The van der Waals surface area contributed by atoms with Crippen LogP contribution in [-0.4, -0.2) is 23.4 Å². The summed E-state index contributed by atoms with van der Waals surface area (Å²) < 4.78 is 4.15. The third kappa shape index (κ3) is 7.84. The molecule has 0 aromatic carbocycles. The molecule has 1 saturated carbocycles. The average Bonchev–Trinajstić information content (AvgIpc) is 2.00. The molecule has 0 N–H and O–H groups in total. The van der Waals surface area contributed by atoms with Crippen LogP contribution in [0.15, 0.2) is 0 Å². The highest BCUT2D eigenvalue weighted by atomic mass is 32.2. The number of rotatable bonds is 3. The van der Waals surface area contributed by atoms with Crippen molar-refractivity contribution in [2.75, 3.05) is 6.61 Å². The second-order valence-corrected chi connectivity index (χ2v) is 4.19. The van der Waals surface area contributed by atoms with Gasteiger partial charge in [0, 0.05) is 12.2 Å². The van der Waals surface area contributed by atoms with E-state index in [0.29, 0.717) is 18.3 Å². The van der Waals surface area contributed by atoms with Crippen molar-refractivity contribution in [1.82, 2.24) is 0 Å². The van der Waals surface area contributed by atoms with Crippen LogP contribution in [-0.2, 0) is 14.3 Å². The first kappa shape index (κ1) is 12.5. The molecule has 0 aliphatic heterocycles. The number of carbonyl (C=O) groups is 2. The zero-order valence-electron chi connectivity index (χ0n) is 8.12. The van der Waals surface area contributed by atoms with Crippen molar-refractivity contribution in [3.8, 4) is 0 Å². The third-order valence-corrected chi connectivity index (χ3v) is 2.76. The Bertz CT molecular complexity index is 155. The number of hydrogen-bond acceptors (Lipinski definition) is 4. The summed E-state index contributed by atoms with van der Waals surface area (Å²) >= 11 is 1.50. The van der Waals surface area contributed by atoms with Crippen LogP contribution < -0.4 is 0 Å². The summed E-state index contributed by atoms with van der Waals surface area (Å²) in [5.41, 5.74) is 0. The van der Waals surface area contributed by atoms with Crippen LogP contribution in [0.4, 0.5) is 0 Å². The van der Waals surface area contributed by atoms with Crippen LogP contribution in [0.1, 0.15) is 33.1 Å². The molecule has 0 aromatic heterocycles. The average molecular weight is 204 g/mol. The van der Waals surface area contributed by atoms with E-state index in [0.717, 1.165) is 0 Å². The van der Waals surface area contributed by atoms with E-state index in [1.807, 2.05) is 0 Å². The Morgan fingerprint density at radius 3 is 2.31 bits per heavy atom. The lowest BCUT2D eigenvalue weighted by Gasteiger charge is -2.22. The molecule has 0 unspecified atom stereocenters. The highest BCUT2D eigenvalue weighted by molar-refractivity contribution is 8.14. The van der Waals surface area contributed by atoms with Crippen LogP contribution in [0.25, 0.3) is 0 Å². The zero-order valence-corrected chi connectivity index (χ0v) is 8.93. The molecular formula is C9H16O3S. The molecule has 1 fully saturated rings. The maximum absolute atomic E-state index is 10.4. The van der Waals surface area contributed by atoms with Gasteiger partial charge in [0.05, 0.1) is 6.61 Å². The fraction of sp³-hybridized carbons (Fsp3) is 0.778. The van der Waals surface area contributed by atoms with E-state index in [9.17, 15) is 9.59 Å². The highest BCUT2D eigenvalue weighted by Crippen LogP contribution is 2.31. The van der Waals surface area contributed by atoms with Gasteiger partial charge in [-0.2, -0.15) is 0 Å². The van der Waals surface area contributed by atoms with Crippen molar-refractivity contribution in [1.29, 1.82) is 0 Å². The van der Waals surface area contributed by atoms with Crippen LogP contribution in [0.5, 0.6) is 0 Å². The molecule has 0 atom stereocenters. The van der Waals surface area contributed by atoms with E-state index in [2.05, 4.69) is 4.74 Å². The highest BCUT2D eigenvalue weighted by Gasteiger charge is 2.18. The van der Waals surface area contributed by atoms with E-state index in [1.165, 1.54) is 31.0 Å². The lowest BCUT2D eigenvalue weighted by molar-refractivity contribution is -0.128. The molecule has 0 spiro atoms. The van der Waals surface area contributed by atoms with Gasteiger partial charge in [-0.15, -0.1) is 0 Å². The molecule has 4 heteroatoms. The van der Waals surface area contributed by atoms with Crippen molar-refractivity contribution >= 4 is 23.3 Å². The molecule has 1 aliphatic rings. The minimum Gasteiger partial charge on any atom is -0.468 e. The molecule has 3 nitrogen and oxygen atoms in total. The van der Waals surface area contributed by atoms with Crippen LogP contribution in [0.3, 0.4) is 0 Å². The zero-order chi connectivity index (χ0) is 10.1. The quantitative estimate of drug-likeness (QED) is 0.659. The van der Waals surface area contributed by atoms with Crippen molar-refractivity contribution < 1.29 is 14.3 Å². The first-order chi connectivity index (χ1) is 6.20. The van der Waals surface area contributed by atoms with Gasteiger partial charge in [-0.05, 0) is 19.8 Å². The fourth-order valence-electron chi connectivity index (χ4n) is 0.791. The number of carbonyl (C=O) groups excluding carboxylic acids is 2. The molecular weight excluding hydrogens is 188 g/mol. The van der Waals surface area contributed by atoms with E-state index < -0.39 is 0 Å². The minimum absolute atomic E-state index is 0.273. The predicted molar refractivity (Wildman–Crippen MR) is 53.6 cm³/mol. The summed E-state index contributed by atoms with van der Waals surface area (Å²) in [5.74, 6) is 0. The Hall–Kier alpha value is -0.510. The van der Waals surface area contributed by atoms with Crippen LogP contribution in [0, 0.1) is 0 Å². The maximum atomic E-state index is 10.4. The second kappa shape index (κ2) is 8.10. The Morgan fingerprint density at radius 2 is 2.23 bits per heavy atom. The number of thioether (sulfide) groups is 1. The van der Waals surface area contributed by atoms with Crippen molar-refractivity contribution in [2.24, 2.45) is 0 Å². The van der Waals surface area contributed by atoms with Gasteiger partial charge in [-0.1, -0.05) is 18.2 Å². The van der Waals surface area contributed by atoms with E-state index in [1.54, 1.807) is 13.8 Å². The monoisotopic (exact) mass is 204 g/mol. The Balaban J connectivity index is 0.000000252. The maximum Gasteiger partial charge on any atom is 0.293 e. The largest absolute Gasteiger partial charge is 0.468 e. The molecule has 0 radical (unpaired) electrons. The van der Waals surface area contributed by atoms with Crippen LogP contribution >= 0.6 is 11.8 Å². The first-order valence-electron chi connectivity index (χ1n) is 4.43. The summed E-state index contributed by atoms with van der Waals surface area (Å²) in [6, 6.07) is 0. The minimum atomic E-state index is 0.273. The van der Waals surface area contributed by atoms with Gasteiger partial charge in [0.25, 0.3) is 6.47 Å². The number of ether oxygens (including phenoxy) is 1.